The fraction of sp³-hybridized carbons (Fsp3) is 0.556. The van der Waals surface area contributed by atoms with Gasteiger partial charge in [-0.2, -0.15) is 0 Å². The van der Waals surface area contributed by atoms with Gasteiger partial charge >= 0.3 is 17.9 Å². The first kappa shape index (κ1) is 84.9. The monoisotopic (exact) mass is 1400 g/mol. The first-order valence-corrected chi connectivity index (χ1v) is 36.8. The Bertz CT molecular complexity index is 3290. The Balaban J connectivity index is 0.000000428. The topological polar surface area (TPSA) is 318 Å². The number of hydrogen-bond donors (Lipinski definition) is 6. The molecule has 0 aliphatic carbocycles. The quantitative estimate of drug-likeness (QED) is 0.0137. The maximum absolute atomic E-state index is 13.8. The molecule has 0 spiro atoms. The molecule has 5 rings (SSSR count). The summed E-state index contributed by atoms with van der Waals surface area (Å²) in [7, 11) is 2.46. The molecule has 4 amide bonds. The third-order valence-corrected chi connectivity index (χ3v) is 18.7. The maximum atomic E-state index is 13.8. The molecule has 0 saturated carbocycles. The van der Waals surface area contributed by atoms with Gasteiger partial charge in [0.25, 0.3) is 0 Å². The predicted octanol–water partition coefficient (Wildman–Crippen LogP) is 12.9. The van der Waals surface area contributed by atoms with Crippen LogP contribution in [0, 0.1) is 23.7 Å². The van der Waals surface area contributed by atoms with Crippen molar-refractivity contribution in [1.29, 1.82) is 0 Å². The average molecular weight is 1400 g/mol. The molecule has 8 atom stereocenters. The van der Waals surface area contributed by atoms with E-state index in [2.05, 4.69) is 90.6 Å². The van der Waals surface area contributed by atoms with Gasteiger partial charge in [0.05, 0.1) is 26.3 Å². The number of aliphatic carboxylic acids is 1. The fourth-order valence-electron chi connectivity index (χ4n) is 12.2. The van der Waals surface area contributed by atoms with Gasteiger partial charge in [-0.3, -0.25) is 47.9 Å². The number of rotatable bonds is 39. The van der Waals surface area contributed by atoms with Crippen LogP contribution < -0.4 is 27.0 Å². The van der Waals surface area contributed by atoms with Crippen molar-refractivity contribution in [2.24, 2.45) is 29.4 Å². The molecule has 0 aromatic heterocycles. The fourth-order valence-corrected chi connectivity index (χ4v) is 12.2. The number of nitrogens with one attached hydrogen (secondary N) is 4. The number of carboxylic acid groups (broad SMARTS) is 1. The second-order valence-corrected chi connectivity index (χ2v) is 27.0. The minimum absolute atomic E-state index is 0.00537. The number of ether oxygens (including phenoxy) is 2. The van der Waals surface area contributed by atoms with Gasteiger partial charge in [0, 0.05) is 79.7 Å². The van der Waals surface area contributed by atoms with Gasteiger partial charge in [-0.25, -0.2) is 9.59 Å². The molecule has 7 N–H and O–H groups in total. The first-order valence-electron chi connectivity index (χ1n) is 36.8. The molecule has 20 heteroatoms. The number of hydrogen-bond acceptors (Lipinski definition) is 15. The van der Waals surface area contributed by atoms with Crippen LogP contribution >= 0.6 is 0 Å². The van der Waals surface area contributed by atoms with E-state index in [4.69, 9.17) is 15.2 Å². The Kier molecular flexibility index (Phi) is 39.3. The number of carbonyl (C=O) groups is 12. The van der Waals surface area contributed by atoms with Crippen LogP contribution in [0.25, 0.3) is 22.3 Å². The SMILES string of the molecule is CCCCC[C@H](CC(=O)c1ccc(-c2ccc(CCCC)cc2)cc1)C(=O)N[C@@H](CCC(=O)O)C(=O)C[C@@H](C)C(=O)N[C@@H](CCCN)C(=O)OC.CCCCC[C@H](CC(=O)c1ccc(-c2ccc(CCCC)cc2)cc1)C(=O)N[C@H]1CCC(=O)CCCC[C@@H](C(=O)OC)NC(=O)[C@H](C)CC1=O. The summed E-state index contributed by atoms with van der Waals surface area (Å²) >= 11 is 0. The van der Waals surface area contributed by atoms with E-state index in [9.17, 15) is 62.6 Å². The molecule has 0 radical (unpaired) electrons. The predicted molar refractivity (Wildman–Crippen MR) is 391 cm³/mol. The molecule has 0 bridgehead atoms. The Morgan fingerprint density at radius 2 is 1.04 bits per heavy atom. The Morgan fingerprint density at radius 1 is 0.554 bits per heavy atom. The summed E-state index contributed by atoms with van der Waals surface area (Å²) in [6.45, 7) is 11.9. The van der Waals surface area contributed by atoms with Crippen molar-refractivity contribution < 1.29 is 72.1 Å². The number of ketones is 5. The number of nitrogens with two attached hydrogens (primary N) is 1. The zero-order valence-electron chi connectivity index (χ0n) is 61.1. The minimum Gasteiger partial charge on any atom is -0.481 e. The van der Waals surface area contributed by atoms with Crippen molar-refractivity contribution in [1.82, 2.24) is 21.3 Å². The van der Waals surface area contributed by atoms with E-state index in [-0.39, 0.29) is 87.3 Å². The largest absolute Gasteiger partial charge is 0.481 e. The highest BCUT2D eigenvalue weighted by molar-refractivity contribution is 6.01. The van der Waals surface area contributed by atoms with Crippen LogP contribution in [-0.2, 0) is 70.3 Å². The highest BCUT2D eigenvalue weighted by atomic mass is 16.5. The maximum Gasteiger partial charge on any atom is 0.328 e. The minimum atomic E-state index is -1.17. The van der Waals surface area contributed by atoms with Gasteiger partial charge < -0.3 is 41.6 Å². The van der Waals surface area contributed by atoms with Crippen molar-refractivity contribution in [2.75, 3.05) is 20.8 Å². The van der Waals surface area contributed by atoms with Gasteiger partial charge in [0.2, 0.25) is 23.6 Å². The molecule has 101 heavy (non-hydrogen) atoms. The van der Waals surface area contributed by atoms with E-state index in [1.807, 2.05) is 31.2 Å². The van der Waals surface area contributed by atoms with E-state index in [1.54, 1.807) is 31.2 Å². The molecule has 4 aromatic rings. The van der Waals surface area contributed by atoms with Crippen LogP contribution in [-0.4, -0.2) is 120 Å². The van der Waals surface area contributed by atoms with Crippen LogP contribution in [0.1, 0.15) is 240 Å². The summed E-state index contributed by atoms with van der Waals surface area (Å²) in [6, 6.07) is 27.7. The van der Waals surface area contributed by atoms with Gasteiger partial charge in [-0.1, -0.05) is 196 Å². The number of benzene rings is 4. The number of esters is 2. The van der Waals surface area contributed by atoms with Gasteiger partial charge in [0.1, 0.15) is 17.9 Å². The molecular formula is C81H113N5O15. The number of methoxy groups -OCH3 is 2. The van der Waals surface area contributed by atoms with E-state index < -0.39 is 95.2 Å². The first-order chi connectivity index (χ1) is 48.5. The summed E-state index contributed by atoms with van der Waals surface area (Å²) in [5.74, 6) is -8.57. The lowest BCUT2D eigenvalue weighted by Gasteiger charge is -2.24. The molecule has 1 heterocycles. The molecular weight excluding hydrogens is 1280 g/mol. The van der Waals surface area contributed by atoms with Crippen LogP contribution in [0.2, 0.25) is 0 Å². The van der Waals surface area contributed by atoms with Crippen LogP contribution in [0.3, 0.4) is 0 Å². The van der Waals surface area contributed by atoms with Crippen molar-refractivity contribution in [3.05, 3.63) is 119 Å². The second kappa shape index (κ2) is 46.8. The van der Waals surface area contributed by atoms with E-state index >= 15 is 0 Å². The van der Waals surface area contributed by atoms with Crippen LogP contribution in [0.15, 0.2) is 97.1 Å². The third kappa shape index (κ3) is 30.7. The normalized spacial score (nSPS) is 16.6. The smallest absolute Gasteiger partial charge is 0.328 e. The number of unbranched alkanes of at least 4 members (excludes halogenated alkanes) is 6. The number of amides is 4. The molecule has 20 nitrogen and oxygen atoms in total. The highest BCUT2D eigenvalue weighted by Gasteiger charge is 2.34. The van der Waals surface area contributed by atoms with Gasteiger partial charge in [-0.15, -0.1) is 0 Å². The van der Waals surface area contributed by atoms with Gasteiger partial charge in [-0.05, 0) is 117 Å². The van der Waals surface area contributed by atoms with Crippen LogP contribution in [0.5, 0.6) is 0 Å². The highest BCUT2D eigenvalue weighted by Crippen LogP contribution is 2.27. The summed E-state index contributed by atoms with van der Waals surface area (Å²) < 4.78 is 9.61. The van der Waals surface area contributed by atoms with Gasteiger partial charge in [0.15, 0.2) is 23.1 Å². The van der Waals surface area contributed by atoms with Crippen LogP contribution in [0.4, 0.5) is 0 Å². The molecule has 1 aliphatic heterocycles. The lowest BCUT2D eigenvalue weighted by molar-refractivity contribution is -0.146. The number of carbonyl (C=O) groups excluding carboxylic acids is 11. The van der Waals surface area contributed by atoms with Crippen molar-refractivity contribution in [3.63, 3.8) is 0 Å². The lowest BCUT2D eigenvalue weighted by Crippen LogP contribution is -2.47. The summed E-state index contributed by atoms with van der Waals surface area (Å²) in [5, 5.41) is 20.2. The molecule has 1 aliphatic rings. The number of aryl methyl sites for hydroxylation is 2. The van der Waals surface area contributed by atoms with Crippen molar-refractivity contribution in [2.45, 2.75) is 245 Å². The second-order valence-electron chi connectivity index (χ2n) is 27.0. The van der Waals surface area contributed by atoms with Crippen molar-refractivity contribution >= 4 is 70.5 Å². The zero-order valence-corrected chi connectivity index (χ0v) is 61.1. The lowest BCUT2D eigenvalue weighted by atomic mass is 9.90. The Labute approximate surface area is 598 Å². The molecule has 552 valence electrons. The molecule has 1 fully saturated rings. The average Bonchev–Trinajstić information content (AvgIpc) is 0.855. The standard InChI is InChI=1S/C41H56N2O7.C40H57N3O8/c1-5-7-9-13-33(27-37(45)32-22-20-31(21-23-32)30-18-16-29(17-19-30)12-8-6-2)40(48)42-35-25-24-34(44)14-10-11-15-36(41(49)50-4)43-39(47)28(3)26-38(35)46;1-5-7-9-12-32(26-35(44)31-20-18-30(19-21-31)29-16-14-28(15-17-29)11-8-6-2)39(49)42-33(22-23-37(46)47)36(45)25-27(3)38(48)43-34(13-10-24-41)40(50)51-4/h16-23,28,33,35-36H,5-15,24-27H2,1-4H3,(H,42,48)(H,43,47);14-21,27,32-34H,5-13,22-26,41H2,1-4H3,(H,42,49)(H,43,48)(H,46,47)/t28-,33-,35+,36+;27-,32-,33+,34+/m11/s1. The summed E-state index contributed by atoms with van der Waals surface area (Å²) in [6.07, 6.45) is 14.2. The molecule has 0 unspecified atom stereocenters. The summed E-state index contributed by atoms with van der Waals surface area (Å²) in [4.78, 5) is 156. The zero-order chi connectivity index (χ0) is 74.2. The van der Waals surface area contributed by atoms with E-state index in [0.717, 1.165) is 92.9 Å². The molecule has 1 saturated heterocycles. The molecule has 4 aromatic carbocycles. The Hall–Kier alpha value is -8.52. The van der Waals surface area contributed by atoms with E-state index in [0.29, 0.717) is 62.6 Å². The van der Waals surface area contributed by atoms with E-state index in [1.165, 1.54) is 32.3 Å². The third-order valence-electron chi connectivity index (χ3n) is 18.7. The number of carboxylic acids is 1. The number of Topliss-reactive ketones (excluding diaryl/α,β-unsaturated/α-hetero) is 5. The summed E-state index contributed by atoms with van der Waals surface area (Å²) in [5.41, 5.74) is 13.2. The van der Waals surface area contributed by atoms with Crippen molar-refractivity contribution in [3.8, 4) is 22.3 Å². The Morgan fingerprint density at radius 3 is 1.50 bits per heavy atom.